The Morgan fingerprint density at radius 2 is 2.12 bits per heavy atom. The van der Waals surface area contributed by atoms with Crippen LogP contribution in [0.15, 0.2) is 21.5 Å². The second-order valence-corrected chi connectivity index (χ2v) is 8.56. The van der Waals surface area contributed by atoms with Crippen molar-refractivity contribution in [3.8, 4) is 0 Å². The molecule has 0 unspecified atom stereocenters. The average molecular weight is 389 g/mol. The third-order valence-electron chi connectivity index (χ3n) is 4.57. The molecule has 26 heavy (non-hydrogen) atoms. The van der Waals surface area contributed by atoms with Crippen LogP contribution in [0.1, 0.15) is 47.9 Å². The van der Waals surface area contributed by atoms with E-state index >= 15 is 0 Å². The predicted octanol–water partition coefficient (Wildman–Crippen LogP) is 4.10. The summed E-state index contributed by atoms with van der Waals surface area (Å²) in [5, 5.41) is 18.2. The predicted molar refractivity (Wildman–Crippen MR) is 105 cm³/mol. The summed E-state index contributed by atoms with van der Waals surface area (Å²) in [5.41, 5.74) is 0. The Hall–Kier alpha value is -1.93. The van der Waals surface area contributed by atoms with E-state index in [0.29, 0.717) is 20.7 Å². The highest BCUT2D eigenvalue weighted by Crippen LogP contribution is 2.41. The van der Waals surface area contributed by atoms with Gasteiger partial charge in [0.25, 0.3) is 0 Å². The Balaban J connectivity index is 1.53. The van der Waals surface area contributed by atoms with Crippen molar-refractivity contribution < 1.29 is 9.21 Å². The van der Waals surface area contributed by atoms with Crippen molar-refractivity contribution in [2.75, 3.05) is 18.0 Å². The Labute approximate surface area is 160 Å². The summed E-state index contributed by atoms with van der Waals surface area (Å²) in [7, 11) is 0. The van der Waals surface area contributed by atoms with Crippen molar-refractivity contribution in [1.82, 2.24) is 10.2 Å². The molecule has 2 fully saturated rings. The van der Waals surface area contributed by atoms with Crippen LogP contribution in [-0.2, 0) is 11.2 Å². The quantitative estimate of drug-likeness (QED) is 0.794. The van der Waals surface area contributed by atoms with E-state index in [2.05, 4.69) is 15.1 Å². The van der Waals surface area contributed by atoms with Crippen LogP contribution in [0.3, 0.4) is 0 Å². The molecule has 0 aliphatic carbocycles. The number of allylic oxidation sites excluding steroid dienone is 1. The largest absolute Gasteiger partial charge is 0.441 e. The van der Waals surface area contributed by atoms with Crippen molar-refractivity contribution >= 4 is 45.9 Å². The maximum Gasteiger partial charge on any atom is 0.196 e. The second kappa shape index (κ2) is 7.36. The number of piperidine rings is 1. The molecule has 0 radical (unpaired) electrons. The molecule has 2 aliphatic heterocycles. The van der Waals surface area contributed by atoms with Crippen LogP contribution >= 0.6 is 23.1 Å². The van der Waals surface area contributed by atoms with Crippen LogP contribution in [0.2, 0.25) is 0 Å². The fraction of sp³-hybridized carbons (Fsp3) is 0.444. The van der Waals surface area contributed by atoms with Gasteiger partial charge in [0.05, 0.1) is 9.95 Å². The van der Waals surface area contributed by atoms with Gasteiger partial charge >= 0.3 is 0 Å². The molecule has 0 aromatic carbocycles. The number of furan rings is 1. The molecule has 8 heteroatoms. The lowest BCUT2D eigenvalue weighted by Gasteiger charge is -2.25. The van der Waals surface area contributed by atoms with Crippen molar-refractivity contribution in [2.45, 2.75) is 38.5 Å². The van der Waals surface area contributed by atoms with Crippen molar-refractivity contribution in [3.63, 3.8) is 0 Å². The van der Waals surface area contributed by atoms with Gasteiger partial charge in [0, 0.05) is 19.2 Å². The maximum atomic E-state index is 12.8. The van der Waals surface area contributed by atoms with E-state index in [1.807, 2.05) is 19.1 Å². The Kier molecular flexibility index (Phi) is 4.95. The molecular weight excluding hydrogens is 368 g/mol. The van der Waals surface area contributed by atoms with Crippen molar-refractivity contribution in [3.05, 3.63) is 32.8 Å². The number of aromatic nitrogens is 2. The number of thioether (sulfide) groups is 1. The minimum atomic E-state index is -0.611. The van der Waals surface area contributed by atoms with Gasteiger partial charge < -0.3 is 9.32 Å². The average Bonchev–Trinajstić information content (AvgIpc) is 3.36. The zero-order valence-electron chi connectivity index (χ0n) is 14.5. The van der Waals surface area contributed by atoms with Crippen LogP contribution in [0.25, 0.3) is 6.08 Å². The molecule has 4 rings (SSSR count). The first-order valence-electron chi connectivity index (χ1n) is 8.85. The molecule has 2 aromatic heterocycles. The van der Waals surface area contributed by atoms with E-state index in [4.69, 9.17) is 9.83 Å². The SMILES string of the molecule is CCc1nnc([C@@H]2C(=N)S/C(=C\c3ccc(N4CCCCC4)o3)C2=O)s1. The van der Waals surface area contributed by atoms with Gasteiger partial charge in [0.15, 0.2) is 11.7 Å². The van der Waals surface area contributed by atoms with Crippen molar-refractivity contribution in [2.24, 2.45) is 0 Å². The van der Waals surface area contributed by atoms with Crippen LogP contribution in [0, 0.1) is 5.41 Å². The lowest BCUT2D eigenvalue weighted by Crippen LogP contribution is -2.28. The number of ketones is 1. The van der Waals surface area contributed by atoms with Gasteiger partial charge in [-0.2, -0.15) is 0 Å². The molecule has 0 saturated carbocycles. The number of Topliss-reactive ketones (excluding diaryl/α,β-unsaturated/α-hetero) is 1. The minimum absolute atomic E-state index is 0.0882. The summed E-state index contributed by atoms with van der Waals surface area (Å²) in [4.78, 5) is 15.6. The summed E-state index contributed by atoms with van der Waals surface area (Å²) < 4.78 is 5.92. The van der Waals surface area contributed by atoms with E-state index < -0.39 is 5.92 Å². The molecule has 0 bridgehead atoms. The second-order valence-electron chi connectivity index (χ2n) is 6.38. The molecule has 4 heterocycles. The smallest absolute Gasteiger partial charge is 0.196 e. The van der Waals surface area contributed by atoms with Gasteiger partial charge in [-0.05, 0) is 37.8 Å². The first-order chi connectivity index (χ1) is 12.7. The van der Waals surface area contributed by atoms with Crippen molar-refractivity contribution in [1.29, 1.82) is 5.41 Å². The third-order valence-corrected chi connectivity index (χ3v) is 6.70. The molecule has 136 valence electrons. The molecule has 6 nitrogen and oxygen atoms in total. The van der Waals surface area contributed by atoms with E-state index in [-0.39, 0.29) is 5.78 Å². The van der Waals surface area contributed by atoms with Gasteiger partial charge in [-0.25, -0.2) is 0 Å². The number of hydrogen-bond donors (Lipinski definition) is 1. The van der Waals surface area contributed by atoms with Crippen LogP contribution < -0.4 is 4.90 Å². The normalized spacial score (nSPS) is 22.6. The first kappa shape index (κ1) is 17.5. The molecule has 1 atom stereocenters. The summed E-state index contributed by atoms with van der Waals surface area (Å²) in [6.07, 6.45) is 6.18. The molecule has 2 aromatic rings. The number of nitrogens with zero attached hydrogens (tertiary/aromatic N) is 3. The highest BCUT2D eigenvalue weighted by atomic mass is 32.2. The van der Waals surface area contributed by atoms with Crippen LogP contribution in [0.4, 0.5) is 5.88 Å². The molecule has 2 aliphatic rings. The number of aryl methyl sites for hydroxylation is 1. The topological polar surface area (TPSA) is 83.1 Å². The standard InChI is InChI=1S/C18H20N4O2S2/c1-2-13-20-21-18(26-13)15-16(23)12(25-17(15)19)10-11-6-7-14(24-11)22-8-4-3-5-9-22/h6-7,10,15,19H,2-5,8-9H2,1H3/b12-10-,19-17?/t15-/m0/s1. The molecule has 0 spiro atoms. The number of carbonyl (C=O) groups is 1. The number of hydrogen-bond acceptors (Lipinski definition) is 8. The highest BCUT2D eigenvalue weighted by molar-refractivity contribution is 8.19. The summed E-state index contributed by atoms with van der Waals surface area (Å²) in [6.45, 7) is 4.03. The summed E-state index contributed by atoms with van der Waals surface area (Å²) >= 11 is 2.61. The summed E-state index contributed by atoms with van der Waals surface area (Å²) in [5.74, 6) is 0.812. The van der Waals surface area contributed by atoms with E-state index in [1.54, 1.807) is 6.08 Å². The van der Waals surface area contributed by atoms with Gasteiger partial charge in [-0.15, -0.1) is 21.5 Å². The monoisotopic (exact) mass is 388 g/mol. The van der Waals surface area contributed by atoms with Crippen LogP contribution in [0.5, 0.6) is 0 Å². The Morgan fingerprint density at radius 3 is 2.85 bits per heavy atom. The zero-order chi connectivity index (χ0) is 18.1. The molecule has 0 amide bonds. The molecule has 2 saturated heterocycles. The first-order valence-corrected chi connectivity index (χ1v) is 10.5. The van der Waals surface area contributed by atoms with Gasteiger partial charge in [-0.1, -0.05) is 18.7 Å². The Bertz CT molecular complexity index is 864. The fourth-order valence-corrected chi connectivity index (χ4v) is 5.11. The lowest BCUT2D eigenvalue weighted by molar-refractivity contribution is -0.114. The molecule has 1 N–H and O–H groups in total. The maximum absolute atomic E-state index is 12.8. The number of rotatable bonds is 4. The number of anilines is 1. The van der Waals surface area contributed by atoms with E-state index in [9.17, 15) is 4.79 Å². The highest BCUT2D eigenvalue weighted by Gasteiger charge is 2.39. The van der Waals surface area contributed by atoms with E-state index in [0.717, 1.165) is 30.4 Å². The number of nitrogens with one attached hydrogen (secondary N) is 1. The fourth-order valence-electron chi connectivity index (χ4n) is 3.17. The molecular formula is C18H20N4O2S2. The van der Waals surface area contributed by atoms with E-state index in [1.165, 1.54) is 42.4 Å². The zero-order valence-corrected chi connectivity index (χ0v) is 16.2. The summed E-state index contributed by atoms with van der Waals surface area (Å²) in [6, 6.07) is 3.85. The van der Waals surface area contributed by atoms with Gasteiger partial charge in [-0.3, -0.25) is 10.2 Å². The lowest BCUT2D eigenvalue weighted by atomic mass is 10.1. The van der Waals surface area contributed by atoms with Crippen LogP contribution in [-0.4, -0.2) is 34.1 Å². The minimum Gasteiger partial charge on any atom is -0.441 e. The number of carbonyl (C=O) groups excluding carboxylic acids is 1. The Morgan fingerprint density at radius 1 is 1.31 bits per heavy atom. The third kappa shape index (κ3) is 3.35. The van der Waals surface area contributed by atoms with Gasteiger partial charge in [0.1, 0.15) is 21.7 Å². The van der Waals surface area contributed by atoms with Gasteiger partial charge in [0.2, 0.25) is 0 Å².